The third kappa shape index (κ3) is 3.10. The molecule has 0 aliphatic carbocycles. The Kier molecular flexibility index (Phi) is 4.25. The Bertz CT molecular complexity index is 893. The second-order valence-electron chi connectivity index (χ2n) is 5.07. The zero-order valence-electron chi connectivity index (χ0n) is 12.7. The van der Waals surface area contributed by atoms with E-state index in [1.165, 1.54) is 6.20 Å². The molecule has 0 atom stereocenters. The Hall–Kier alpha value is -3.59. The van der Waals surface area contributed by atoms with Gasteiger partial charge in [0.1, 0.15) is 29.8 Å². The number of ether oxygens (including phenoxy) is 1. The van der Waals surface area contributed by atoms with E-state index in [0.29, 0.717) is 17.9 Å². The van der Waals surface area contributed by atoms with Gasteiger partial charge in [-0.05, 0) is 29.8 Å². The summed E-state index contributed by atoms with van der Waals surface area (Å²) in [4.78, 5) is 12.4. The van der Waals surface area contributed by atoms with E-state index in [-0.39, 0.29) is 11.4 Å². The molecule has 0 saturated carbocycles. The summed E-state index contributed by atoms with van der Waals surface area (Å²) in [5.74, 6) is 0.289. The molecule has 0 radical (unpaired) electrons. The predicted octanol–water partition coefficient (Wildman–Crippen LogP) is 2.60. The van der Waals surface area contributed by atoms with Gasteiger partial charge in [-0.1, -0.05) is 30.3 Å². The molecule has 0 unspecified atom stereocenters. The van der Waals surface area contributed by atoms with E-state index in [2.05, 4.69) is 5.10 Å². The number of anilines is 1. The smallest absolute Gasteiger partial charge is 0.280 e. The molecular weight excluding hydrogens is 304 g/mol. The molecular formula is C18H14N4O2. The van der Waals surface area contributed by atoms with Crippen LogP contribution in [-0.4, -0.2) is 15.7 Å². The minimum atomic E-state index is -0.399. The number of carbonyl (C=O) groups excluding carboxylic acids is 1. The van der Waals surface area contributed by atoms with Crippen molar-refractivity contribution in [1.29, 1.82) is 5.26 Å². The summed E-state index contributed by atoms with van der Waals surface area (Å²) in [5, 5.41) is 12.7. The molecule has 0 saturated heterocycles. The molecule has 2 aromatic carbocycles. The lowest BCUT2D eigenvalue weighted by Gasteiger charge is -2.07. The first kappa shape index (κ1) is 15.3. The van der Waals surface area contributed by atoms with Gasteiger partial charge in [0, 0.05) is 5.56 Å². The highest BCUT2D eigenvalue weighted by atomic mass is 16.5. The van der Waals surface area contributed by atoms with Crippen LogP contribution in [0, 0.1) is 11.3 Å². The van der Waals surface area contributed by atoms with Crippen LogP contribution < -0.4 is 10.5 Å². The predicted molar refractivity (Wildman–Crippen MR) is 88.3 cm³/mol. The molecule has 1 heterocycles. The van der Waals surface area contributed by atoms with Crippen molar-refractivity contribution in [3.05, 3.63) is 77.5 Å². The molecule has 0 aliphatic rings. The summed E-state index contributed by atoms with van der Waals surface area (Å²) >= 11 is 0. The van der Waals surface area contributed by atoms with Crippen molar-refractivity contribution in [1.82, 2.24) is 9.78 Å². The van der Waals surface area contributed by atoms with Crippen LogP contribution in [0.3, 0.4) is 0 Å². The lowest BCUT2D eigenvalue weighted by Crippen LogP contribution is -2.16. The first-order valence-electron chi connectivity index (χ1n) is 7.24. The molecule has 24 heavy (non-hydrogen) atoms. The Labute approximate surface area is 138 Å². The standard InChI is InChI=1S/C18H14N4O2/c19-10-15-11-21-22(17(15)20)18(23)14-6-8-16(9-7-14)24-12-13-4-2-1-3-5-13/h1-9,11H,12,20H2. The van der Waals surface area contributed by atoms with Crippen LogP contribution in [0.4, 0.5) is 5.82 Å². The minimum Gasteiger partial charge on any atom is -0.489 e. The number of nitriles is 1. The third-order valence-corrected chi connectivity index (χ3v) is 3.47. The van der Waals surface area contributed by atoms with Gasteiger partial charge in [-0.25, -0.2) is 0 Å². The summed E-state index contributed by atoms with van der Waals surface area (Å²) in [6.07, 6.45) is 1.27. The Morgan fingerprint density at radius 2 is 1.88 bits per heavy atom. The van der Waals surface area contributed by atoms with Gasteiger partial charge in [-0.2, -0.15) is 15.0 Å². The van der Waals surface area contributed by atoms with Crippen molar-refractivity contribution in [3.63, 3.8) is 0 Å². The maximum absolute atomic E-state index is 12.4. The number of rotatable bonds is 4. The third-order valence-electron chi connectivity index (χ3n) is 3.47. The fourth-order valence-corrected chi connectivity index (χ4v) is 2.16. The van der Waals surface area contributed by atoms with Gasteiger partial charge >= 0.3 is 0 Å². The maximum atomic E-state index is 12.4. The molecule has 0 spiro atoms. The molecule has 6 heteroatoms. The Morgan fingerprint density at radius 3 is 2.50 bits per heavy atom. The molecule has 3 rings (SSSR count). The van der Waals surface area contributed by atoms with Crippen LogP contribution in [0.15, 0.2) is 60.8 Å². The minimum absolute atomic E-state index is 0.0342. The van der Waals surface area contributed by atoms with E-state index in [4.69, 9.17) is 15.7 Å². The molecule has 2 N–H and O–H groups in total. The summed E-state index contributed by atoms with van der Waals surface area (Å²) < 4.78 is 6.69. The number of hydrogen-bond acceptors (Lipinski definition) is 5. The number of benzene rings is 2. The quantitative estimate of drug-likeness (QED) is 0.798. The number of nitrogens with two attached hydrogens (primary N) is 1. The van der Waals surface area contributed by atoms with Crippen LogP contribution in [0.25, 0.3) is 0 Å². The molecule has 118 valence electrons. The molecule has 0 amide bonds. The second kappa shape index (κ2) is 6.67. The van der Waals surface area contributed by atoms with Gasteiger partial charge in [0.2, 0.25) is 0 Å². The van der Waals surface area contributed by atoms with Crippen molar-refractivity contribution in [2.45, 2.75) is 6.61 Å². The van der Waals surface area contributed by atoms with Crippen molar-refractivity contribution >= 4 is 11.7 Å². The number of nitrogen functional groups attached to an aromatic ring is 1. The monoisotopic (exact) mass is 318 g/mol. The van der Waals surface area contributed by atoms with E-state index < -0.39 is 5.91 Å². The molecule has 0 bridgehead atoms. The topological polar surface area (TPSA) is 93.9 Å². The van der Waals surface area contributed by atoms with Crippen molar-refractivity contribution in [3.8, 4) is 11.8 Å². The highest BCUT2D eigenvalue weighted by Gasteiger charge is 2.15. The summed E-state index contributed by atoms with van der Waals surface area (Å²) in [6.45, 7) is 0.450. The van der Waals surface area contributed by atoms with Gasteiger partial charge < -0.3 is 10.5 Å². The van der Waals surface area contributed by atoms with Crippen LogP contribution in [0.5, 0.6) is 5.75 Å². The van der Waals surface area contributed by atoms with Crippen molar-refractivity contribution in [2.75, 3.05) is 5.73 Å². The van der Waals surface area contributed by atoms with E-state index >= 15 is 0 Å². The lowest BCUT2D eigenvalue weighted by atomic mass is 10.2. The zero-order chi connectivity index (χ0) is 16.9. The van der Waals surface area contributed by atoms with Gasteiger partial charge in [-0.3, -0.25) is 4.79 Å². The van der Waals surface area contributed by atoms with E-state index in [0.717, 1.165) is 10.2 Å². The molecule has 0 aliphatic heterocycles. The number of carbonyl (C=O) groups is 1. The van der Waals surface area contributed by atoms with Gasteiger partial charge in [0.05, 0.1) is 6.20 Å². The van der Waals surface area contributed by atoms with Crippen LogP contribution in [0.1, 0.15) is 21.5 Å². The van der Waals surface area contributed by atoms with Crippen LogP contribution >= 0.6 is 0 Å². The first-order valence-corrected chi connectivity index (χ1v) is 7.24. The summed E-state index contributed by atoms with van der Waals surface area (Å²) in [6, 6.07) is 18.4. The molecule has 1 aromatic heterocycles. The number of aromatic nitrogens is 2. The second-order valence-corrected chi connectivity index (χ2v) is 5.07. The van der Waals surface area contributed by atoms with Crippen LogP contribution in [0.2, 0.25) is 0 Å². The number of hydrogen-bond donors (Lipinski definition) is 1. The first-order chi connectivity index (χ1) is 11.7. The molecule has 0 fully saturated rings. The molecule has 6 nitrogen and oxygen atoms in total. The fourth-order valence-electron chi connectivity index (χ4n) is 2.16. The summed E-state index contributed by atoms with van der Waals surface area (Å²) in [5.41, 5.74) is 7.36. The SMILES string of the molecule is N#Cc1cnn(C(=O)c2ccc(OCc3ccccc3)cc2)c1N. The van der Waals surface area contributed by atoms with E-state index in [9.17, 15) is 4.79 Å². The van der Waals surface area contributed by atoms with Crippen LogP contribution in [-0.2, 0) is 6.61 Å². The highest BCUT2D eigenvalue weighted by Crippen LogP contribution is 2.17. The van der Waals surface area contributed by atoms with Gasteiger partial charge in [-0.15, -0.1) is 0 Å². The van der Waals surface area contributed by atoms with E-state index in [1.807, 2.05) is 36.4 Å². The fraction of sp³-hybridized carbons (Fsp3) is 0.0556. The van der Waals surface area contributed by atoms with Crippen molar-refractivity contribution in [2.24, 2.45) is 0 Å². The zero-order valence-corrected chi connectivity index (χ0v) is 12.7. The largest absolute Gasteiger partial charge is 0.489 e. The Morgan fingerprint density at radius 1 is 1.17 bits per heavy atom. The van der Waals surface area contributed by atoms with Gasteiger partial charge in [0.15, 0.2) is 0 Å². The average Bonchev–Trinajstić information content (AvgIpc) is 3.01. The maximum Gasteiger partial charge on any atom is 0.280 e. The van der Waals surface area contributed by atoms with Crippen molar-refractivity contribution < 1.29 is 9.53 Å². The van der Waals surface area contributed by atoms with E-state index in [1.54, 1.807) is 24.3 Å². The number of nitrogens with zero attached hydrogens (tertiary/aromatic N) is 3. The highest BCUT2D eigenvalue weighted by molar-refractivity contribution is 5.97. The summed E-state index contributed by atoms with van der Waals surface area (Å²) in [7, 11) is 0. The lowest BCUT2D eigenvalue weighted by molar-refractivity contribution is 0.0948. The normalized spacial score (nSPS) is 10.1. The average molecular weight is 318 g/mol. The van der Waals surface area contributed by atoms with Gasteiger partial charge in [0.25, 0.3) is 5.91 Å². The molecule has 3 aromatic rings. The Balaban J connectivity index is 1.71.